The fourth-order valence-corrected chi connectivity index (χ4v) is 3.96. The van der Waals surface area contributed by atoms with Crippen LogP contribution in [0.1, 0.15) is 25.3 Å². The summed E-state index contributed by atoms with van der Waals surface area (Å²) in [5.74, 6) is -0.771. The van der Waals surface area contributed by atoms with Crippen LogP contribution in [0.2, 0.25) is 0 Å². The molecule has 1 unspecified atom stereocenters. The molecule has 1 aliphatic rings. The molecule has 112 valence electrons. The van der Waals surface area contributed by atoms with Crippen LogP contribution in [0.3, 0.4) is 0 Å². The van der Waals surface area contributed by atoms with E-state index in [0.717, 1.165) is 12.5 Å². The van der Waals surface area contributed by atoms with Gasteiger partial charge in [0, 0.05) is 12.3 Å². The second-order valence-electron chi connectivity index (χ2n) is 5.47. The number of rotatable bonds is 3. The number of ether oxygens (including phenoxy) is 1. The van der Waals surface area contributed by atoms with Gasteiger partial charge in [-0.15, -0.1) is 0 Å². The third-order valence-electron chi connectivity index (χ3n) is 3.35. The predicted molar refractivity (Wildman–Crippen MR) is 74.3 cm³/mol. The van der Waals surface area contributed by atoms with Crippen molar-refractivity contribution < 1.29 is 17.5 Å². The van der Waals surface area contributed by atoms with Crippen molar-refractivity contribution in [2.45, 2.75) is 37.1 Å². The Kier molecular flexibility index (Phi) is 4.04. The largest absolute Gasteiger partial charge is 0.399 e. The van der Waals surface area contributed by atoms with Gasteiger partial charge in [0.1, 0.15) is 10.7 Å². The minimum Gasteiger partial charge on any atom is -0.399 e. The van der Waals surface area contributed by atoms with E-state index >= 15 is 0 Å². The first-order valence-corrected chi connectivity index (χ1v) is 7.89. The van der Waals surface area contributed by atoms with Gasteiger partial charge in [-0.25, -0.2) is 17.5 Å². The summed E-state index contributed by atoms with van der Waals surface area (Å²) in [4.78, 5) is -0.415. The Hall–Kier alpha value is -1.18. The van der Waals surface area contributed by atoms with Crippen LogP contribution in [0, 0.1) is 12.7 Å². The lowest BCUT2D eigenvalue weighted by Gasteiger charge is -2.33. The minimum atomic E-state index is -3.98. The number of aryl methyl sites for hydroxylation is 1. The van der Waals surface area contributed by atoms with Crippen LogP contribution in [-0.4, -0.2) is 27.2 Å². The highest BCUT2D eigenvalue weighted by atomic mass is 32.2. The number of halogens is 1. The van der Waals surface area contributed by atoms with Gasteiger partial charge in [-0.2, -0.15) is 0 Å². The van der Waals surface area contributed by atoms with Gasteiger partial charge in [-0.1, -0.05) is 0 Å². The fraction of sp³-hybridized carbons (Fsp3) is 0.538. The standard InChI is InChI=1S/C13H19FN2O3S/c1-9-6-10(15)7-11(12(9)14)20(17,18)16-13(2)4-3-5-19-8-13/h6-7,16H,3-5,8,15H2,1-2H3. The third-order valence-corrected chi connectivity index (χ3v) is 4.99. The Bertz CT molecular complexity index is 610. The van der Waals surface area contributed by atoms with Gasteiger partial charge in [-0.3, -0.25) is 0 Å². The first-order valence-electron chi connectivity index (χ1n) is 6.41. The Morgan fingerprint density at radius 1 is 1.45 bits per heavy atom. The van der Waals surface area contributed by atoms with E-state index in [1.165, 1.54) is 13.0 Å². The summed E-state index contributed by atoms with van der Waals surface area (Å²) in [5, 5.41) is 0. The maximum absolute atomic E-state index is 14.1. The van der Waals surface area contributed by atoms with Gasteiger partial charge in [-0.05, 0) is 44.4 Å². The van der Waals surface area contributed by atoms with E-state index in [0.29, 0.717) is 13.0 Å². The van der Waals surface area contributed by atoms with Crippen molar-refractivity contribution in [3.63, 3.8) is 0 Å². The van der Waals surface area contributed by atoms with Crippen LogP contribution < -0.4 is 10.5 Å². The van der Waals surface area contributed by atoms with Gasteiger partial charge in [0.2, 0.25) is 10.0 Å². The van der Waals surface area contributed by atoms with Gasteiger partial charge in [0.25, 0.3) is 0 Å². The number of nitrogens with two attached hydrogens (primary N) is 1. The van der Waals surface area contributed by atoms with E-state index < -0.39 is 26.3 Å². The molecule has 0 bridgehead atoms. The molecular formula is C13H19FN2O3S. The summed E-state index contributed by atoms with van der Waals surface area (Å²) in [7, 11) is -3.98. The molecule has 0 radical (unpaired) electrons. The van der Waals surface area contributed by atoms with Crippen LogP contribution in [0.4, 0.5) is 10.1 Å². The van der Waals surface area contributed by atoms with Crippen molar-refractivity contribution in [1.29, 1.82) is 0 Å². The lowest BCUT2D eigenvalue weighted by molar-refractivity contribution is 0.0386. The van der Waals surface area contributed by atoms with E-state index in [2.05, 4.69) is 4.72 Å². The second kappa shape index (κ2) is 5.31. The molecule has 0 spiro atoms. The molecule has 1 fully saturated rings. The SMILES string of the molecule is Cc1cc(N)cc(S(=O)(=O)NC2(C)CCCOC2)c1F. The van der Waals surface area contributed by atoms with Crippen LogP contribution >= 0.6 is 0 Å². The Balaban J connectivity index is 2.36. The normalized spacial score (nSPS) is 23.8. The third kappa shape index (κ3) is 3.11. The summed E-state index contributed by atoms with van der Waals surface area (Å²) in [5.41, 5.74) is 5.31. The first kappa shape index (κ1) is 15.2. The van der Waals surface area contributed by atoms with Crippen LogP contribution in [0.25, 0.3) is 0 Å². The molecular weight excluding hydrogens is 283 g/mol. The molecule has 20 heavy (non-hydrogen) atoms. The summed E-state index contributed by atoms with van der Waals surface area (Å²) in [6, 6.07) is 2.54. The lowest BCUT2D eigenvalue weighted by Crippen LogP contribution is -2.51. The van der Waals surface area contributed by atoms with Crippen molar-refractivity contribution in [2.75, 3.05) is 18.9 Å². The van der Waals surface area contributed by atoms with E-state index in [9.17, 15) is 12.8 Å². The molecule has 1 aliphatic heterocycles. The maximum atomic E-state index is 14.1. The van der Waals surface area contributed by atoms with E-state index in [1.807, 2.05) is 0 Å². The second-order valence-corrected chi connectivity index (χ2v) is 7.12. The molecule has 1 aromatic rings. The highest BCUT2D eigenvalue weighted by molar-refractivity contribution is 7.89. The van der Waals surface area contributed by atoms with Crippen LogP contribution in [0.5, 0.6) is 0 Å². The number of hydrogen-bond acceptors (Lipinski definition) is 4. The van der Waals surface area contributed by atoms with Gasteiger partial charge >= 0.3 is 0 Å². The Labute approximate surface area is 118 Å². The molecule has 0 aliphatic carbocycles. The molecule has 0 saturated carbocycles. The molecule has 0 aromatic heterocycles. The number of hydrogen-bond donors (Lipinski definition) is 2. The molecule has 1 saturated heterocycles. The van der Waals surface area contributed by atoms with Crippen LogP contribution in [0.15, 0.2) is 17.0 Å². The van der Waals surface area contributed by atoms with Crippen molar-refractivity contribution in [2.24, 2.45) is 0 Å². The number of benzene rings is 1. The molecule has 1 heterocycles. The van der Waals surface area contributed by atoms with Gasteiger partial charge < -0.3 is 10.5 Å². The molecule has 3 N–H and O–H groups in total. The summed E-state index contributed by atoms with van der Waals surface area (Å²) >= 11 is 0. The highest BCUT2D eigenvalue weighted by Crippen LogP contribution is 2.25. The minimum absolute atomic E-state index is 0.204. The number of sulfonamides is 1. The fourth-order valence-electron chi connectivity index (χ4n) is 2.35. The van der Waals surface area contributed by atoms with E-state index in [1.54, 1.807) is 6.92 Å². The number of nitrogens with one attached hydrogen (secondary N) is 1. The van der Waals surface area contributed by atoms with Crippen LogP contribution in [-0.2, 0) is 14.8 Å². The molecule has 5 nitrogen and oxygen atoms in total. The molecule has 1 aromatic carbocycles. The monoisotopic (exact) mass is 302 g/mol. The number of nitrogen functional groups attached to an aromatic ring is 1. The smallest absolute Gasteiger partial charge is 0.244 e. The summed E-state index contributed by atoms with van der Waals surface area (Å²) in [6.07, 6.45) is 1.41. The quantitative estimate of drug-likeness (QED) is 0.830. The van der Waals surface area contributed by atoms with E-state index in [4.69, 9.17) is 10.5 Å². The summed E-state index contributed by atoms with van der Waals surface area (Å²) in [6.45, 7) is 4.12. The Morgan fingerprint density at radius 3 is 2.75 bits per heavy atom. The maximum Gasteiger partial charge on any atom is 0.244 e. The molecule has 2 rings (SSSR count). The average molecular weight is 302 g/mol. The topological polar surface area (TPSA) is 81.4 Å². The zero-order valence-corrected chi connectivity index (χ0v) is 12.4. The average Bonchev–Trinajstić information content (AvgIpc) is 2.33. The predicted octanol–water partition coefficient (Wildman–Crippen LogP) is 1.56. The molecule has 1 atom stereocenters. The van der Waals surface area contributed by atoms with Gasteiger partial charge in [0.15, 0.2) is 0 Å². The molecule has 7 heteroatoms. The number of anilines is 1. The van der Waals surface area contributed by atoms with Crippen molar-refractivity contribution in [3.8, 4) is 0 Å². The van der Waals surface area contributed by atoms with Crippen molar-refractivity contribution in [1.82, 2.24) is 4.72 Å². The molecule has 0 amide bonds. The highest BCUT2D eigenvalue weighted by Gasteiger charge is 2.34. The zero-order chi connectivity index (χ0) is 15.0. The summed E-state index contributed by atoms with van der Waals surface area (Å²) < 4.78 is 46.6. The van der Waals surface area contributed by atoms with Crippen molar-refractivity contribution >= 4 is 15.7 Å². The Morgan fingerprint density at radius 2 is 2.15 bits per heavy atom. The van der Waals surface area contributed by atoms with E-state index in [-0.39, 0.29) is 17.9 Å². The first-order chi connectivity index (χ1) is 9.23. The zero-order valence-electron chi connectivity index (χ0n) is 11.6. The lowest BCUT2D eigenvalue weighted by atomic mass is 9.97. The van der Waals surface area contributed by atoms with Gasteiger partial charge in [0.05, 0.1) is 12.1 Å². The van der Waals surface area contributed by atoms with Crippen molar-refractivity contribution in [3.05, 3.63) is 23.5 Å².